The van der Waals surface area contributed by atoms with Gasteiger partial charge in [0.1, 0.15) is 11.6 Å². The molecule has 198 valence electrons. The highest BCUT2D eigenvalue weighted by molar-refractivity contribution is 6.30. The molecule has 1 fully saturated rings. The number of aliphatic hydroxyl groups excluding tert-OH is 1. The van der Waals surface area contributed by atoms with Gasteiger partial charge >= 0.3 is 5.97 Å². The van der Waals surface area contributed by atoms with Crippen LogP contribution in [0.3, 0.4) is 0 Å². The Kier molecular flexibility index (Phi) is 7.51. The number of ether oxygens (including phenoxy) is 1. The number of aromatic carboxylic acids is 1. The molecule has 5 nitrogen and oxygen atoms in total. The maximum Gasteiger partial charge on any atom is 0.338 e. The Balaban J connectivity index is 1.51. The number of fused-ring (bicyclic) bond motifs is 3. The quantitative estimate of drug-likeness (QED) is 0.408. The van der Waals surface area contributed by atoms with E-state index in [1.54, 1.807) is 0 Å². The number of rotatable bonds is 7. The predicted octanol–water partition coefficient (Wildman–Crippen LogP) is 6.39. The number of hydrogen-bond donors (Lipinski definition) is 2. The summed E-state index contributed by atoms with van der Waals surface area (Å²) in [5, 5.41) is 21.2. The van der Waals surface area contributed by atoms with Crippen LogP contribution in [0.1, 0.15) is 66.9 Å². The molecule has 0 amide bonds. The smallest absolute Gasteiger partial charge is 0.338 e. The Bertz CT molecular complexity index is 1200. The Morgan fingerprint density at radius 2 is 2.16 bits per heavy atom. The zero-order valence-corrected chi connectivity index (χ0v) is 22.0. The number of nitrogens with zero attached hydrogens (tertiary/aromatic N) is 1. The van der Waals surface area contributed by atoms with Crippen molar-refractivity contribution in [3.63, 3.8) is 0 Å². The van der Waals surface area contributed by atoms with Gasteiger partial charge in [0.2, 0.25) is 0 Å². The number of hydrogen-bond acceptors (Lipinski definition) is 4. The molecule has 0 radical (unpaired) electrons. The number of benzene rings is 2. The molecule has 2 aromatic carbocycles. The van der Waals surface area contributed by atoms with Gasteiger partial charge in [-0.25, -0.2) is 9.18 Å². The van der Waals surface area contributed by atoms with Crippen LogP contribution in [0.25, 0.3) is 0 Å². The number of halogens is 2. The molecule has 2 N–H and O–H groups in total. The van der Waals surface area contributed by atoms with Crippen molar-refractivity contribution in [3.05, 3.63) is 70.0 Å². The van der Waals surface area contributed by atoms with Gasteiger partial charge in [-0.05, 0) is 79.7 Å². The van der Waals surface area contributed by atoms with Gasteiger partial charge in [0.05, 0.1) is 24.0 Å². The van der Waals surface area contributed by atoms with Crippen LogP contribution in [0.5, 0.6) is 5.75 Å². The SMILES string of the molecule is CCC/C=C/C(O)[C@@H]1CC[C@H]1CN1CC2(CCCc3cc(Cl)ccc32)COc2cc(F)c(C(=O)O)cc21. The standard InChI is InChI=1S/C30H35ClFNO4/c1-2-3-4-7-27(34)22-10-8-20(22)16-33-17-30(12-5-6-19-13-21(31)9-11-24(19)30)18-37-28-15-25(32)23(29(35)36)14-26(28)33/h4,7,9,11,13-15,20,22,27,34H,2-3,5-6,8,10,12,16-18H2,1H3,(H,35,36)/b7-4+/t20-,22+,27?,30?/m0/s1. The minimum atomic E-state index is -1.30. The van der Waals surface area contributed by atoms with Gasteiger partial charge in [-0.15, -0.1) is 0 Å². The van der Waals surface area contributed by atoms with Gasteiger partial charge in [0, 0.05) is 29.6 Å². The molecule has 1 heterocycles. The highest BCUT2D eigenvalue weighted by Gasteiger charge is 2.44. The predicted molar refractivity (Wildman–Crippen MR) is 143 cm³/mol. The second-order valence-corrected chi connectivity index (χ2v) is 11.4. The van der Waals surface area contributed by atoms with Crippen LogP contribution in [0, 0.1) is 17.7 Å². The summed E-state index contributed by atoms with van der Waals surface area (Å²) >= 11 is 6.32. The molecule has 4 atom stereocenters. The van der Waals surface area contributed by atoms with Crippen LogP contribution in [0.2, 0.25) is 5.02 Å². The first-order valence-corrected chi connectivity index (χ1v) is 13.8. The van der Waals surface area contributed by atoms with E-state index < -0.39 is 17.9 Å². The lowest BCUT2D eigenvalue weighted by atomic mass is 9.68. The molecule has 0 saturated heterocycles. The molecule has 0 aromatic heterocycles. The molecule has 2 aliphatic carbocycles. The average molecular weight is 528 g/mol. The van der Waals surface area contributed by atoms with E-state index in [4.69, 9.17) is 16.3 Å². The molecule has 0 bridgehead atoms. The molecule has 2 aromatic rings. The summed E-state index contributed by atoms with van der Waals surface area (Å²) in [7, 11) is 0. The van der Waals surface area contributed by atoms with Crippen molar-refractivity contribution < 1.29 is 24.1 Å². The summed E-state index contributed by atoms with van der Waals surface area (Å²) in [6, 6.07) is 8.67. The molecule has 2 unspecified atom stereocenters. The third-order valence-electron chi connectivity index (χ3n) is 8.52. The third-order valence-corrected chi connectivity index (χ3v) is 8.75. The lowest BCUT2D eigenvalue weighted by Gasteiger charge is -2.45. The van der Waals surface area contributed by atoms with E-state index in [1.807, 2.05) is 18.2 Å². The van der Waals surface area contributed by atoms with Crippen molar-refractivity contribution >= 4 is 23.3 Å². The van der Waals surface area contributed by atoms with Gasteiger partial charge < -0.3 is 19.8 Å². The van der Waals surface area contributed by atoms with E-state index >= 15 is 0 Å². The summed E-state index contributed by atoms with van der Waals surface area (Å²) in [6.45, 7) is 3.77. The minimum Gasteiger partial charge on any atom is -0.490 e. The maximum atomic E-state index is 14.7. The average Bonchev–Trinajstić information content (AvgIpc) is 2.98. The number of carboxylic acid groups (broad SMARTS) is 1. The normalized spacial score (nSPS) is 25.7. The van der Waals surface area contributed by atoms with Crippen LogP contribution in [0.15, 0.2) is 42.5 Å². The summed E-state index contributed by atoms with van der Waals surface area (Å²) in [5.74, 6) is -1.32. The van der Waals surface area contributed by atoms with Crippen molar-refractivity contribution in [3.8, 4) is 5.75 Å². The van der Waals surface area contributed by atoms with Crippen molar-refractivity contribution in [2.24, 2.45) is 11.8 Å². The lowest BCUT2D eigenvalue weighted by Crippen LogP contribution is -2.49. The van der Waals surface area contributed by atoms with Crippen molar-refractivity contribution in [2.75, 3.05) is 24.6 Å². The number of aryl methyl sites for hydroxylation is 1. The highest BCUT2D eigenvalue weighted by Crippen LogP contribution is 2.47. The van der Waals surface area contributed by atoms with E-state index in [2.05, 4.69) is 24.0 Å². The molecule has 5 rings (SSSR count). The van der Waals surface area contributed by atoms with E-state index in [0.29, 0.717) is 36.2 Å². The number of unbranched alkanes of at least 4 members (excludes halogenated alkanes) is 1. The second-order valence-electron chi connectivity index (χ2n) is 10.9. The number of carboxylic acids is 1. The van der Waals surface area contributed by atoms with Gasteiger partial charge in [0.25, 0.3) is 0 Å². The first-order valence-electron chi connectivity index (χ1n) is 13.4. The Morgan fingerprint density at radius 1 is 1.32 bits per heavy atom. The number of allylic oxidation sites excluding steroid dienone is 1. The van der Waals surface area contributed by atoms with E-state index in [-0.39, 0.29) is 22.8 Å². The first kappa shape index (κ1) is 26.1. The fraction of sp³-hybridized carbons (Fsp3) is 0.500. The van der Waals surface area contributed by atoms with Crippen molar-refractivity contribution in [1.29, 1.82) is 0 Å². The fourth-order valence-corrected chi connectivity index (χ4v) is 6.59. The Hall–Kier alpha value is -2.57. The summed E-state index contributed by atoms with van der Waals surface area (Å²) in [5.41, 5.74) is 2.34. The molecule has 1 spiro atoms. The van der Waals surface area contributed by atoms with Crippen LogP contribution >= 0.6 is 11.6 Å². The molecule has 37 heavy (non-hydrogen) atoms. The Labute approximate surface area is 222 Å². The second kappa shape index (κ2) is 10.7. The van der Waals surface area contributed by atoms with Crippen LogP contribution in [-0.4, -0.2) is 42.0 Å². The molecule has 1 aliphatic heterocycles. The summed E-state index contributed by atoms with van der Waals surface area (Å²) in [6.07, 6.45) is 10.2. The number of anilines is 1. The summed E-state index contributed by atoms with van der Waals surface area (Å²) in [4.78, 5) is 14.0. The topological polar surface area (TPSA) is 70.0 Å². The molecule has 1 saturated carbocycles. The molecule has 7 heteroatoms. The van der Waals surface area contributed by atoms with Crippen molar-refractivity contribution in [1.82, 2.24) is 0 Å². The molecular formula is C30H35ClFNO4. The van der Waals surface area contributed by atoms with E-state index in [9.17, 15) is 19.4 Å². The third kappa shape index (κ3) is 5.10. The molecular weight excluding hydrogens is 493 g/mol. The van der Waals surface area contributed by atoms with E-state index in [0.717, 1.165) is 44.9 Å². The van der Waals surface area contributed by atoms with Crippen LogP contribution < -0.4 is 9.64 Å². The maximum absolute atomic E-state index is 14.7. The highest BCUT2D eigenvalue weighted by atomic mass is 35.5. The largest absolute Gasteiger partial charge is 0.490 e. The van der Waals surface area contributed by atoms with Gasteiger partial charge in [-0.3, -0.25) is 0 Å². The summed E-state index contributed by atoms with van der Waals surface area (Å²) < 4.78 is 21.0. The Morgan fingerprint density at radius 3 is 2.89 bits per heavy atom. The molecule has 3 aliphatic rings. The van der Waals surface area contributed by atoms with E-state index in [1.165, 1.54) is 23.3 Å². The van der Waals surface area contributed by atoms with Gasteiger partial charge in [-0.1, -0.05) is 43.2 Å². The van der Waals surface area contributed by atoms with Crippen LogP contribution in [-0.2, 0) is 11.8 Å². The van der Waals surface area contributed by atoms with Crippen molar-refractivity contribution in [2.45, 2.75) is 63.4 Å². The van der Waals surface area contributed by atoms with Gasteiger partial charge in [-0.2, -0.15) is 0 Å². The van der Waals surface area contributed by atoms with Crippen LogP contribution in [0.4, 0.5) is 10.1 Å². The first-order chi connectivity index (χ1) is 17.8. The van der Waals surface area contributed by atoms with Gasteiger partial charge in [0.15, 0.2) is 0 Å². The number of aliphatic hydroxyl groups is 1. The fourth-order valence-electron chi connectivity index (χ4n) is 6.40. The monoisotopic (exact) mass is 527 g/mol. The lowest BCUT2D eigenvalue weighted by molar-refractivity contribution is 0.0456. The number of carbonyl (C=O) groups is 1. The zero-order chi connectivity index (χ0) is 26.2. The minimum absolute atomic E-state index is 0.147. The zero-order valence-electron chi connectivity index (χ0n) is 21.3.